The van der Waals surface area contributed by atoms with Gasteiger partial charge in [-0.1, -0.05) is 12.1 Å². The molecule has 1 aromatic heterocycles. The number of nitrogens with zero attached hydrogens (tertiary/aromatic N) is 1. The van der Waals surface area contributed by atoms with Crippen molar-refractivity contribution in [2.24, 2.45) is 0 Å². The summed E-state index contributed by atoms with van der Waals surface area (Å²) in [6.45, 7) is 3.48. The van der Waals surface area contributed by atoms with E-state index in [0.29, 0.717) is 18.1 Å². The van der Waals surface area contributed by atoms with Gasteiger partial charge in [-0.15, -0.1) is 11.3 Å². The van der Waals surface area contributed by atoms with E-state index in [4.69, 9.17) is 4.74 Å². The summed E-state index contributed by atoms with van der Waals surface area (Å²) in [6, 6.07) is 6.28. The molecule has 0 bridgehead atoms. The first-order valence-corrected chi connectivity index (χ1v) is 8.27. The summed E-state index contributed by atoms with van der Waals surface area (Å²) in [5, 5.41) is 8.56. The molecule has 0 radical (unpaired) electrons. The standard InChI is InChI=1S/C16H19N3O2S/c1-11-8-13-9-12(2-3-14(13)21-11)10-17-5-4-15(20)19-16-18-6-7-22-16/h2-3,6-7,9,11,17H,4-5,8,10H2,1H3,(H,18,19,20). The van der Waals surface area contributed by atoms with Crippen LogP contribution >= 0.6 is 11.3 Å². The van der Waals surface area contributed by atoms with Crippen molar-refractivity contribution in [1.82, 2.24) is 10.3 Å². The molecule has 3 rings (SSSR count). The summed E-state index contributed by atoms with van der Waals surface area (Å²) in [5.41, 5.74) is 2.49. The minimum absolute atomic E-state index is 0.0152. The number of hydrogen-bond donors (Lipinski definition) is 2. The molecule has 1 aliphatic rings. The normalized spacial score (nSPS) is 16.1. The van der Waals surface area contributed by atoms with Crippen molar-refractivity contribution in [3.8, 4) is 5.75 Å². The Kier molecular flexibility index (Phi) is 4.70. The number of carbonyl (C=O) groups is 1. The second kappa shape index (κ2) is 6.89. The highest BCUT2D eigenvalue weighted by Gasteiger charge is 2.18. The van der Waals surface area contributed by atoms with Gasteiger partial charge >= 0.3 is 0 Å². The van der Waals surface area contributed by atoms with E-state index in [1.54, 1.807) is 6.20 Å². The molecular weight excluding hydrogens is 298 g/mol. The third kappa shape index (κ3) is 3.84. The van der Waals surface area contributed by atoms with E-state index in [-0.39, 0.29) is 12.0 Å². The first kappa shape index (κ1) is 15.0. The number of carbonyl (C=O) groups excluding carboxylic acids is 1. The zero-order valence-electron chi connectivity index (χ0n) is 12.5. The van der Waals surface area contributed by atoms with Gasteiger partial charge < -0.3 is 15.4 Å². The molecule has 22 heavy (non-hydrogen) atoms. The smallest absolute Gasteiger partial charge is 0.227 e. The van der Waals surface area contributed by atoms with E-state index in [2.05, 4.69) is 34.7 Å². The summed E-state index contributed by atoms with van der Waals surface area (Å²) in [4.78, 5) is 15.7. The quantitative estimate of drug-likeness (QED) is 0.804. The summed E-state index contributed by atoms with van der Waals surface area (Å²) < 4.78 is 5.69. The molecular formula is C16H19N3O2S. The van der Waals surface area contributed by atoms with Gasteiger partial charge in [0.25, 0.3) is 0 Å². The molecule has 0 spiro atoms. The van der Waals surface area contributed by atoms with Gasteiger partial charge in [0, 0.05) is 37.5 Å². The van der Waals surface area contributed by atoms with Crippen LogP contribution in [0.15, 0.2) is 29.8 Å². The van der Waals surface area contributed by atoms with Crippen molar-refractivity contribution in [3.63, 3.8) is 0 Å². The molecule has 1 atom stereocenters. The lowest BCUT2D eigenvalue weighted by molar-refractivity contribution is -0.116. The molecule has 0 fully saturated rings. The molecule has 6 heteroatoms. The van der Waals surface area contributed by atoms with Gasteiger partial charge in [0.2, 0.25) is 5.91 Å². The maximum absolute atomic E-state index is 11.7. The van der Waals surface area contributed by atoms with Crippen LogP contribution in [0.3, 0.4) is 0 Å². The highest BCUT2D eigenvalue weighted by molar-refractivity contribution is 7.13. The fourth-order valence-electron chi connectivity index (χ4n) is 2.49. The number of ether oxygens (including phenoxy) is 1. The zero-order valence-corrected chi connectivity index (χ0v) is 13.3. The van der Waals surface area contributed by atoms with Crippen LogP contribution in [-0.4, -0.2) is 23.5 Å². The Morgan fingerprint density at radius 2 is 2.41 bits per heavy atom. The van der Waals surface area contributed by atoms with Crippen molar-refractivity contribution < 1.29 is 9.53 Å². The third-order valence-electron chi connectivity index (χ3n) is 3.50. The van der Waals surface area contributed by atoms with Crippen LogP contribution < -0.4 is 15.4 Å². The minimum Gasteiger partial charge on any atom is -0.490 e. The SMILES string of the molecule is CC1Cc2cc(CNCCC(=O)Nc3nccs3)ccc2O1. The first-order chi connectivity index (χ1) is 10.7. The van der Waals surface area contributed by atoms with Crippen molar-refractivity contribution in [2.75, 3.05) is 11.9 Å². The predicted molar refractivity (Wildman–Crippen MR) is 87.3 cm³/mol. The maximum atomic E-state index is 11.7. The van der Waals surface area contributed by atoms with Crippen LogP contribution in [0.5, 0.6) is 5.75 Å². The molecule has 0 saturated heterocycles. The van der Waals surface area contributed by atoms with Crippen molar-refractivity contribution >= 4 is 22.4 Å². The Morgan fingerprint density at radius 3 is 3.23 bits per heavy atom. The van der Waals surface area contributed by atoms with Crippen LogP contribution in [0.1, 0.15) is 24.5 Å². The van der Waals surface area contributed by atoms with Crippen LogP contribution in [-0.2, 0) is 17.8 Å². The van der Waals surface area contributed by atoms with Gasteiger partial charge in [-0.2, -0.15) is 0 Å². The summed E-state index contributed by atoms with van der Waals surface area (Å²) in [5.74, 6) is 0.984. The van der Waals surface area contributed by atoms with Crippen molar-refractivity contribution in [2.45, 2.75) is 32.4 Å². The number of aromatic nitrogens is 1. The van der Waals surface area contributed by atoms with Crippen LogP contribution in [0, 0.1) is 0 Å². The number of fused-ring (bicyclic) bond motifs is 1. The van der Waals surface area contributed by atoms with E-state index in [0.717, 1.165) is 18.7 Å². The van der Waals surface area contributed by atoms with Crippen molar-refractivity contribution in [3.05, 3.63) is 40.9 Å². The maximum Gasteiger partial charge on any atom is 0.227 e. The van der Waals surface area contributed by atoms with Gasteiger partial charge in [-0.3, -0.25) is 4.79 Å². The van der Waals surface area contributed by atoms with Gasteiger partial charge in [0.05, 0.1) is 0 Å². The third-order valence-corrected chi connectivity index (χ3v) is 4.19. The molecule has 0 aliphatic carbocycles. The molecule has 0 saturated carbocycles. The van der Waals surface area contributed by atoms with Crippen molar-refractivity contribution in [1.29, 1.82) is 0 Å². The average Bonchev–Trinajstić information content (AvgIpc) is 3.11. The largest absolute Gasteiger partial charge is 0.490 e. The second-order valence-corrected chi connectivity index (χ2v) is 6.28. The van der Waals surface area contributed by atoms with Gasteiger partial charge in [-0.25, -0.2) is 4.98 Å². The summed E-state index contributed by atoms with van der Waals surface area (Å²) in [6.07, 6.45) is 3.36. The highest BCUT2D eigenvalue weighted by atomic mass is 32.1. The Bertz CT molecular complexity index is 643. The average molecular weight is 317 g/mol. The van der Waals surface area contributed by atoms with Crippen LogP contribution in [0.25, 0.3) is 0 Å². The highest BCUT2D eigenvalue weighted by Crippen LogP contribution is 2.29. The molecule has 2 aromatic rings. The van der Waals surface area contributed by atoms with E-state index >= 15 is 0 Å². The molecule has 116 valence electrons. The fraction of sp³-hybridized carbons (Fsp3) is 0.375. The second-order valence-electron chi connectivity index (χ2n) is 5.39. The lowest BCUT2D eigenvalue weighted by Crippen LogP contribution is -2.21. The van der Waals surface area contributed by atoms with Gasteiger partial charge in [-0.05, 0) is 24.1 Å². The first-order valence-electron chi connectivity index (χ1n) is 7.39. The minimum atomic E-state index is -0.0152. The number of anilines is 1. The van der Waals surface area contributed by atoms with E-state index in [9.17, 15) is 4.79 Å². The Hall–Kier alpha value is -1.92. The molecule has 1 aromatic carbocycles. The number of benzene rings is 1. The molecule has 1 amide bonds. The monoisotopic (exact) mass is 317 g/mol. The molecule has 1 aliphatic heterocycles. The zero-order chi connectivity index (χ0) is 15.4. The van der Waals surface area contributed by atoms with E-state index in [1.807, 2.05) is 11.4 Å². The Balaban J connectivity index is 1.40. The molecule has 5 nitrogen and oxygen atoms in total. The number of rotatable bonds is 6. The number of hydrogen-bond acceptors (Lipinski definition) is 5. The fourth-order valence-corrected chi connectivity index (χ4v) is 3.03. The van der Waals surface area contributed by atoms with E-state index < -0.39 is 0 Å². The lowest BCUT2D eigenvalue weighted by Gasteiger charge is -2.06. The van der Waals surface area contributed by atoms with Crippen LogP contribution in [0.2, 0.25) is 0 Å². The number of nitrogens with one attached hydrogen (secondary N) is 2. The Morgan fingerprint density at radius 1 is 1.50 bits per heavy atom. The molecule has 1 unspecified atom stereocenters. The lowest BCUT2D eigenvalue weighted by atomic mass is 10.1. The molecule has 2 N–H and O–H groups in total. The van der Waals surface area contributed by atoms with Gasteiger partial charge in [0.15, 0.2) is 5.13 Å². The summed E-state index contributed by atoms with van der Waals surface area (Å²) in [7, 11) is 0. The Labute approximate surface area is 133 Å². The predicted octanol–water partition coefficient (Wildman–Crippen LogP) is 2.58. The van der Waals surface area contributed by atoms with Crippen LogP contribution in [0.4, 0.5) is 5.13 Å². The summed E-state index contributed by atoms with van der Waals surface area (Å²) >= 11 is 1.42. The number of thiazole rings is 1. The topological polar surface area (TPSA) is 63.2 Å². The number of amides is 1. The molecule has 2 heterocycles. The van der Waals surface area contributed by atoms with E-state index in [1.165, 1.54) is 22.5 Å². The van der Waals surface area contributed by atoms with Gasteiger partial charge in [0.1, 0.15) is 11.9 Å².